The highest BCUT2D eigenvalue weighted by molar-refractivity contribution is 5.83. The molecule has 0 aliphatic rings. The highest BCUT2D eigenvalue weighted by Crippen LogP contribution is 2.13. The SMILES string of the molecule is Cc1nn(C)c(C)c1CCC(=O)NNC(=O)Cc1ccc(F)cc1. The van der Waals surface area contributed by atoms with Crippen molar-refractivity contribution < 1.29 is 14.0 Å². The zero-order valence-electron chi connectivity index (χ0n) is 14.0. The monoisotopic (exact) mass is 332 g/mol. The lowest BCUT2D eigenvalue weighted by Gasteiger charge is -2.08. The average molecular weight is 332 g/mol. The summed E-state index contributed by atoms with van der Waals surface area (Å²) in [6, 6.07) is 5.65. The van der Waals surface area contributed by atoms with E-state index in [9.17, 15) is 14.0 Å². The Morgan fingerprint density at radius 2 is 1.75 bits per heavy atom. The van der Waals surface area contributed by atoms with Gasteiger partial charge in [-0.2, -0.15) is 5.10 Å². The lowest BCUT2D eigenvalue weighted by atomic mass is 10.1. The fourth-order valence-electron chi connectivity index (χ4n) is 2.45. The van der Waals surface area contributed by atoms with Gasteiger partial charge in [-0.05, 0) is 43.5 Å². The van der Waals surface area contributed by atoms with Gasteiger partial charge in [0.15, 0.2) is 0 Å². The summed E-state index contributed by atoms with van der Waals surface area (Å²) in [6.07, 6.45) is 0.886. The Balaban J connectivity index is 1.76. The van der Waals surface area contributed by atoms with Crippen LogP contribution in [0.25, 0.3) is 0 Å². The zero-order chi connectivity index (χ0) is 17.7. The normalized spacial score (nSPS) is 10.5. The highest BCUT2D eigenvalue weighted by atomic mass is 19.1. The first kappa shape index (κ1) is 17.7. The molecule has 2 rings (SSSR count). The largest absolute Gasteiger partial charge is 0.273 e. The molecule has 1 heterocycles. The summed E-state index contributed by atoms with van der Waals surface area (Å²) >= 11 is 0. The topological polar surface area (TPSA) is 76.0 Å². The van der Waals surface area contributed by atoms with E-state index >= 15 is 0 Å². The summed E-state index contributed by atoms with van der Waals surface area (Å²) in [5, 5.41) is 4.30. The van der Waals surface area contributed by atoms with E-state index in [1.807, 2.05) is 20.9 Å². The standard InChI is InChI=1S/C17H21FN4O2/c1-11-15(12(2)22(3)21-11)8-9-16(23)19-20-17(24)10-13-4-6-14(18)7-5-13/h4-7H,8-10H2,1-3H3,(H,19,23)(H,20,24). The van der Waals surface area contributed by atoms with Crippen LogP contribution in [-0.4, -0.2) is 21.6 Å². The molecule has 0 saturated carbocycles. The van der Waals surface area contributed by atoms with E-state index < -0.39 is 0 Å². The fourth-order valence-corrected chi connectivity index (χ4v) is 2.45. The Bertz CT molecular complexity index is 738. The Kier molecular flexibility index (Phi) is 5.68. The van der Waals surface area contributed by atoms with Crippen molar-refractivity contribution in [1.29, 1.82) is 0 Å². The third-order valence-corrected chi connectivity index (χ3v) is 3.88. The van der Waals surface area contributed by atoms with E-state index in [-0.39, 0.29) is 30.5 Å². The van der Waals surface area contributed by atoms with Crippen LogP contribution in [0.15, 0.2) is 24.3 Å². The number of aryl methyl sites for hydroxylation is 2. The molecule has 128 valence electrons. The second-order valence-electron chi connectivity index (χ2n) is 5.67. The smallest absolute Gasteiger partial charge is 0.242 e. The number of carbonyl (C=O) groups excluding carboxylic acids is 2. The molecule has 0 aliphatic heterocycles. The minimum Gasteiger partial charge on any atom is -0.273 e. The van der Waals surface area contributed by atoms with Crippen molar-refractivity contribution in [3.63, 3.8) is 0 Å². The van der Waals surface area contributed by atoms with Crippen LogP contribution in [0.3, 0.4) is 0 Å². The van der Waals surface area contributed by atoms with Crippen LogP contribution >= 0.6 is 0 Å². The van der Waals surface area contributed by atoms with Gasteiger partial charge in [0.1, 0.15) is 5.82 Å². The van der Waals surface area contributed by atoms with Crippen LogP contribution in [0.4, 0.5) is 4.39 Å². The van der Waals surface area contributed by atoms with Gasteiger partial charge < -0.3 is 0 Å². The first-order valence-electron chi connectivity index (χ1n) is 7.68. The van der Waals surface area contributed by atoms with Gasteiger partial charge in [0.05, 0.1) is 12.1 Å². The summed E-state index contributed by atoms with van der Waals surface area (Å²) in [6.45, 7) is 3.86. The maximum absolute atomic E-state index is 12.8. The average Bonchev–Trinajstić information content (AvgIpc) is 2.78. The molecule has 0 unspecified atom stereocenters. The Labute approximate surface area is 140 Å². The first-order valence-corrected chi connectivity index (χ1v) is 7.68. The summed E-state index contributed by atoms with van der Waals surface area (Å²) < 4.78 is 14.6. The number of rotatable bonds is 5. The number of hydrogen-bond donors (Lipinski definition) is 2. The quantitative estimate of drug-likeness (QED) is 0.815. The molecule has 0 radical (unpaired) electrons. The molecule has 0 aliphatic carbocycles. The summed E-state index contributed by atoms with van der Waals surface area (Å²) in [5.74, 6) is -0.984. The molecule has 6 nitrogen and oxygen atoms in total. The van der Waals surface area contributed by atoms with Gasteiger partial charge in [-0.1, -0.05) is 12.1 Å². The Hall–Kier alpha value is -2.70. The maximum atomic E-state index is 12.8. The number of nitrogens with zero attached hydrogens (tertiary/aromatic N) is 2. The number of halogens is 1. The van der Waals surface area contributed by atoms with E-state index in [0.717, 1.165) is 17.0 Å². The van der Waals surface area contributed by atoms with Crippen molar-refractivity contribution in [2.24, 2.45) is 7.05 Å². The molecule has 2 amide bonds. The van der Waals surface area contributed by atoms with E-state index in [0.29, 0.717) is 12.0 Å². The number of hydrazine groups is 1. The molecular formula is C17H21FN4O2. The number of carbonyl (C=O) groups is 2. The van der Waals surface area contributed by atoms with E-state index in [1.165, 1.54) is 24.3 Å². The van der Waals surface area contributed by atoms with Crippen LogP contribution in [0.5, 0.6) is 0 Å². The van der Waals surface area contributed by atoms with Gasteiger partial charge in [0.25, 0.3) is 0 Å². The van der Waals surface area contributed by atoms with E-state index in [1.54, 1.807) is 4.68 Å². The number of nitrogens with one attached hydrogen (secondary N) is 2. The third-order valence-electron chi connectivity index (χ3n) is 3.88. The number of benzene rings is 1. The summed E-state index contributed by atoms with van der Waals surface area (Å²) in [4.78, 5) is 23.6. The van der Waals surface area contributed by atoms with E-state index in [4.69, 9.17) is 0 Å². The van der Waals surface area contributed by atoms with Crippen molar-refractivity contribution in [3.05, 3.63) is 52.6 Å². The van der Waals surface area contributed by atoms with Crippen molar-refractivity contribution >= 4 is 11.8 Å². The highest BCUT2D eigenvalue weighted by Gasteiger charge is 2.12. The van der Waals surface area contributed by atoms with Gasteiger partial charge >= 0.3 is 0 Å². The lowest BCUT2D eigenvalue weighted by Crippen LogP contribution is -2.42. The molecule has 2 N–H and O–H groups in total. The fraction of sp³-hybridized carbons (Fsp3) is 0.353. The Morgan fingerprint density at radius 1 is 1.12 bits per heavy atom. The van der Waals surface area contributed by atoms with Gasteiger partial charge in [0.2, 0.25) is 11.8 Å². The third kappa shape index (κ3) is 4.65. The molecule has 0 bridgehead atoms. The molecule has 1 aromatic carbocycles. The van der Waals surface area contributed by atoms with Crippen LogP contribution in [-0.2, 0) is 29.5 Å². The zero-order valence-corrected chi connectivity index (χ0v) is 14.0. The molecule has 2 aromatic rings. The first-order chi connectivity index (χ1) is 11.4. The predicted octanol–water partition coefficient (Wildman–Crippen LogP) is 1.50. The summed E-state index contributed by atoms with van der Waals surface area (Å²) in [5.41, 5.74) is 8.41. The minimum absolute atomic E-state index is 0.0708. The summed E-state index contributed by atoms with van der Waals surface area (Å²) in [7, 11) is 1.86. The van der Waals surface area contributed by atoms with Crippen molar-refractivity contribution in [1.82, 2.24) is 20.6 Å². The van der Waals surface area contributed by atoms with Crippen LogP contribution in [0.1, 0.15) is 28.9 Å². The molecule has 0 spiro atoms. The van der Waals surface area contributed by atoms with Gasteiger partial charge in [-0.3, -0.25) is 25.1 Å². The number of hydrogen-bond acceptors (Lipinski definition) is 3. The molecule has 7 heteroatoms. The van der Waals surface area contributed by atoms with Crippen molar-refractivity contribution in [3.8, 4) is 0 Å². The van der Waals surface area contributed by atoms with Crippen molar-refractivity contribution in [2.75, 3.05) is 0 Å². The Morgan fingerprint density at radius 3 is 2.33 bits per heavy atom. The number of amides is 2. The molecule has 0 fully saturated rings. The predicted molar refractivity (Wildman–Crippen MR) is 87.4 cm³/mol. The minimum atomic E-state index is -0.358. The van der Waals surface area contributed by atoms with Gasteiger partial charge in [-0.25, -0.2) is 4.39 Å². The van der Waals surface area contributed by atoms with E-state index in [2.05, 4.69) is 16.0 Å². The second kappa shape index (κ2) is 7.72. The lowest BCUT2D eigenvalue weighted by molar-refractivity contribution is -0.128. The molecule has 24 heavy (non-hydrogen) atoms. The molecule has 1 aromatic heterocycles. The van der Waals surface area contributed by atoms with Gasteiger partial charge in [0, 0.05) is 19.2 Å². The van der Waals surface area contributed by atoms with Gasteiger partial charge in [-0.15, -0.1) is 0 Å². The number of aromatic nitrogens is 2. The van der Waals surface area contributed by atoms with Crippen LogP contribution < -0.4 is 10.9 Å². The molecule has 0 saturated heterocycles. The maximum Gasteiger partial charge on any atom is 0.242 e. The van der Waals surface area contributed by atoms with Crippen molar-refractivity contribution in [2.45, 2.75) is 33.1 Å². The van der Waals surface area contributed by atoms with Crippen LogP contribution in [0.2, 0.25) is 0 Å². The molecule has 0 atom stereocenters. The van der Waals surface area contributed by atoms with Crippen LogP contribution in [0, 0.1) is 19.7 Å². The molecular weight excluding hydrogens is 311 g/mol. The second-order valence-corrected chi connectivity index (χ2v) is 5.67.